The Balaban J connectivity index is 1.64. The molecular weight excluding hydrogens is 452 g/mol. The van der Waals surface area contributed by atoms with Gasteiger partial charge in [-0.3, -0.25) is 0 Å². The Labute approximate surface area is 208 Å². The molecule has 0 aromatic heterocycles. The van der Waals surface area contributed by atoms with Crippen LogP contribution in [-0.4, -0.2) is 25.9 Å². The smallest absolute Gasteiger partial charge is 0.114 e. The van der Waals surface area contributed by atoms with Gasteiger partial charge in [-0.15, -0.1) is 9.15 Å². The SMILES string of the molecule is CC1(C)c2ccc3c(c2)SC2(Sc4c(cccc41)C=[N+]2c1ccccc1)[N+](c1ccccc1)=C3. The largest absolute Gasteiger partial charge is 0.470 e. The fourth-order valence-corrected chi connectivity index (χ4v) is 8.60. The average Bonchev–Trinajstić information content (AvgIpc) is 2.88. The van der Waals surface area contributed by atoms with E-state index in [-0.39, 0.29) is 5.41 Å². The summed E-state index contributed by atoms with van der Waals surface area (Å²) in [6.07, 6.45) is 4.70. The Morgan fingerprint density at radius 3 is 1.94 bits per heavy atom. The molecule has 34 heavy (non-hydrogen) atoms. The van der Waals surface area contributed by atoms with Gasteiger partial charge in [0.05, 0.1) is 11.1 Å². The van der Waals surface area contributed by atoms with E-state index in [1.54, 1.807) is 0 Å². The maximum Gasteiger partial charge on any atom is 0.470 e. The highest BCUT2D eigenvalue weighted by Crippen LogP contribution is 2.58. The predicted octanol–water partition coefficient (Wildman–Crippen LogP) is 7.38. The molecular formula is C30H24N2S2+2. The topological polar surface area (TPSA) is 6.02 Å². The number of thioether (sulfide) groups is 2. The van der Waals surface area contributed by atoms with E-state index >= 15 is 0 Å². The van der Waals surface area contributed by atoms with Gasteiger partial charge in [0.2, 0.25) is 11.4 Å². The highest BCUT2D eigenvalue weighted by Gasteiger charge is 2.62. The van der Waals surface area contributed by atoms with Crippen LogP contribution in [0.3, 0.4) is 0 Å². The molecule has 0 aliphatic carbocycles. The van der Waals surface area contributed by atoms with Crippen LogP contribution in [0.25, 0.3) is 0 Å². The van der Waals surface area contributed by atoms with Crippen LogP contribution in [0.2, 0.25) is 0 Å². The highest BCUT2D eigenvalue weighted by molar-refractivity contribution is 8.17. The number of benzene rings is 4. The van der Waals surface area contributed by atoms with Crippen molar-refractivity contribution in [3.05, 3.63) is 119 Å². The van der Waals surface area contributed by atoms with E-state index in [1.165, 1.54) is 43.4 Å². The Bertz CT molecular complexity index is 1520. The van der Waals surface area contributed by atoms with Crippen molar-refractivity contribution in [2.75, 3.05) is 0 Å². The van der Waals surface area contributed by atoms with Crippen molar-refractivity contribution in [2.45, 2.75) is 33.4 Å². The van der Waals surface area contributed by atoms with E-state index in [4.69, 9.17) is 0 Å². The van der Waals surface area contributed by atoms with Gasteiger partial charge in [-0.2, -0.15) is 0 Å². The van der Waals surface area contributed by atoms with Gasteiger partial charge in [-0.05, 0) is 29.3 Å². The highest BCUT2D eigenvalue weighted by atomic mass is 32.2. The van der Waals surface area contributed by atoms with E-state index in [9.17, 15) is 0 Å². The maximum absolute atomic E-state index is 2.46. The van der Waals surface area contributed by atoms with Gasteiger partial charge >= 0.3 is 4.33 Å². The maximum atomic E-state index is 2.46. The molecule has 1 atom stereocenters. The lowest BCUT2D eigenvalue weighted by Crippen LogP contribution is -2.47. The van der Waals surface area contributed by atoms with Crippen LogP contribution in [0, 0.1) is 0 Å². The Kier molecular flexibility index (Phi) is 4.31. The molecule has 164 valence electrons. The summed E-state index contributed by atoms with van der Waals surface area (Å²) in [4.78, 5) is 2.70. The number of para-hydroxylation sites is 2. The van der Waals surface area contributed by atoms with E-state index in [2.05, 4.69) is 132 Å². The Morgan fingerprint density at radius 1 is 0.618 bits per heavy atom. The standard InChI is InChI=1S/C30H24N2S2/c1-29(2)23-17-16-21-19-31(24-11-5-3-6-12-24)30(33-27(21)18-23)32(25-13-7-4-8-14-25)20-22-10-9-15-26(29)28(22)34-30/h3-20H,1-2H3/q+2. The van der Waals surface area contributed by atoms with Crippen LogP contribution in [0.5, 0.6) is 0 Å². The van der Waals surface area contributed by atoms with Crippen molar-refractivity contribution in [3.63, 3.8) is 0 Å². The Hall–Kier alpha value is -3.08. The molecule has 2 nitrogen and oxygen atoms in total. The van der Waals surface area contributed by atoms with E-state index in [0.29, 0.717) is 0 Å². The van der Waals surface area contributed by atoms with Gasteiger partial charge in [0, 0.05) is 63.0 Å². The average molecular weight is 477 g/mol. The lowest BCUT2D eigenvalue weighted by Gasteiger charge is -2.32. The summed E-state index contributed by atoms with van der Waals surface area (Å²) in [5, 5.41) is 0. The molecule has 0 fully saturated rings. The summed E-state index contributed by atoms with van der Waals surface area (Å²) in [6.45, 7) is 4.72. The minimum absolute atomic E-state index is 0.0903. The van der Waals surface area contributed by atoms with Gasteiger partial charge in [0.1, 0.15) is 0 Å². The third-order valence-corrected chi connectivity index (χ3v) is 10.2. The molecule has 4 heteroatoms. The molecule has 4 bridgehead atoms. The lowest BCUT2D eigenvalue weighted by atomic mass is 9.77. The molecule has 3 heterocycles. The molecule has 1 spiro atoms. The molecule has 0 radical (unpaired) electrons. The molecule has 7 rings (SSSR count). The monoisotopic (exact) mass is 476 g/mol. The van der Waals surface area contributed by atoms with Crippen molar-refractivity contribution >= 4 is 47.3 Å². The first kappa shape index (κ1) is 20.3. The molecule has 0 saturated carbocycles. The third kappa shape index (κ3) is 2.79. The molecule has 3 aliphatic heterocycles. The molecule has 1 unspecified atom stereocenters. The van der Waals surface area contributed by atoms with E-state index in [1.807, 2.05) is 23.5 Å². The first-order valence-corrected chi connectivity index (χ1v) is 13.2. The van der Waals surface area contributed by atoms with Crippen LogP contribution < -0.4 is 0 Å². The first-order valence-electron chi connectivity index (χ1n) is 11.6. The fourth-order valence-electron chi connectivity index (χ4n) is 5.24. The van der Waals surface area contributed by atoms with Crippen molar-refractivity contribution in [1.29, 1.82) is 0 Å². The molecule has 0 amide bonds. The summed E-state index contributed by atoms with van der Waals surface area (Å²) in [6, 6.07) is 35.4. The normalized spacial score (nSPS) is 21.1. The minimum atomic E-state index is -0.433. The van der Waals surface area contributed by atoms with Crippen molar-refractivity contribution < 1.29 is 9.15 Å². The van der Waals surface area contributed by atoms with Gasteiger partial charge in [0.25, 0.3) is 0 Å². The lowest BCUT2D eigenvalue weighted by molar-refractivity contribution is -0.690. The molecule has 3 aliphatic rings. The zero-order valence-corrected chi connectivity index (χ0v) is 20.7. The van der Waals surface area contributed by atoms with Crippen LogP contribution in [0.4, 0.5) is 11.4 Å². The fraction of sp³-hybridized carbons (Fsp3) is 0.133. The second kappa shape index (κ2) is 7.21. The summed E-state index contributed by atoms with van der Waals surface area (Å²) in [5.74, 6) is 0. The summed E-state index contributed by atoms with van der Waals surface area (Å²) >= 11 is 3.92. The minimum Gasteiger partial charge on any atom is -0.114 e. The van der Waals surface area contributed by atoms with Crippen molar-refractivity contribution in [2.24, 2.45) is 0 Å². The van der Waals surface area contributed by atoms with Crippen LogP contribution in [0.1, 0.15) is 36.1 Å². The molecule has 4 aromatic carbocycles. The quantitative estimate of drug-likeness (QED) is 0.279. The predicted molar refractivity (Wildman–Crippen MR) is 143 cm³/mol. The molecule has 0 saturated heterocycles. The van der Waals surface area contributed by atoms with Crippen LogP contribution >= 0.6 is 23.5 Å². The number of hydrogen-bond acceptors (Lipinski definition) is 2. The van der Waals surface area contributed by atoms with Crippen molar-refractivity contribution in [3.8, 4) is 0 Å². The number of rotatable bonds is 2. The number of fused-ring (bicyclic) bond motifs is 1. The van der Waals surface area contributed by atoms with Gasteiger partial charge in [-0.1, -0.05) is 68.4 Å². The third-order valence-electron chi connectivity index (χ3n) is 7.15. The zero-order chi connectivity index (χ0) is 22.9. The zero-order valence-electron chi connectivity index (χ0n) is 19.1. The van der Waals surface area contributed by atoms with E-state index < -0.39 is 4.33 Å². The molecule has 0 N–H and O–H groups in total. The summed E-state index contributed by atoms with van der Waals surface area (Å²) in [5.41, 5.74) is 7.58. The summed E-state index contributed by atoms with van der Waals surface area (Å²) in [7, 11) is 0. The second-order valence-electron chi connectivity index (χ2n) is 9.52. The molecule has 4 aromatic rings. The van der Waals surface area contributed by atoms with Crippen LogP contribution in [0.15, 0.2) is 107 Å². The Morgan fingerprint density at radius 2 is 1.26 bits per heavy atom. The van der Waals surface area contributed by atoms with Gasteiger partial charge in [0.15, 0.2) is 12.4 Å². The number of hydrogen-bond donors (Lipinski definition) is 0. The first-order chi connectivity index (χ1) is 16.6. The van der Waals surface area contributed by atoms with Gasteiger partial charge in [-0.25, -0.2) is 0 Å². The van der Waals surface area contributed by atoms with Crippen LogP contribution in [-0.2, 0) is 5.41 Å². The van der Waals surface area contributed by atoms with Gasteiger partial charge < -0.3 is 0 Å². The van der Waals surface area contributed by atoms with E-state index in [0.717, 1.165) is 0 Å². The second-order valence-corrected chi connectivity index (χ2v) is 12.2. The van der Waals surface area contributed by atoms with Crippen molar-refractivity contribution in [1.82, 2.24) is 0 Å². The summed E-state index contributed by atoms with van der Waals surface area (Å²) < 4.78 is 4.50. The number of nitrogens with zero attached hydrogens (tertiary/aromatic N) is 2.